The van der Waals surface area contributed by atoms with Crippen molar-refractivity contribution in [2.75, 3.05) is 0 Å². The summed E-state index contributed by atoms with van der Waals surface area (Å²) in [5.41, 5.74) is 16.1. The van der Waals surface area contributed by atoms with Crippen molar-refractivity contribution in [1.29, 1.82) is 0 Å². The van der Waals surface area contributed by atoms with Crippen LogP contribution in [0.2, 0.25) is 0 Å². The second-order valence-corrected chi connectivity index (χ2v) is 14.2. The highest BCUT2D eigenvalue weighted by Crippen LogP contribution is 2.42. The van der Waals surface area contributed by atoms with Crippen molar-refractivity contribution in [2.24, 2.45) is 0 Å². The first-order chi connectivity index (χ1) is 27.7. The number of pyridine rings is 2. The van der Waals surface area contributed by atoms with Gasteiger partial charge in [0, 0.05) is 22.1 Å². The van der Waals surface area contributed by atoms with Crippen molar-refractivity contribution < 1.29 is 0 Å². The van der Waals surface area contributed by atoms with Crippen LogP contribution in [-0.4, -0.2) is 9.97 Å². The van der Waals surface area contributed by atoms with Gasteiger partial charge in [0.1, 0.15) is 0 Å². The van der Waals surface area contributed by atoms with Crippen LogP contribution >= 0.6 is 0 Å². The Balaban J connectivity index is 1.25. The number of nitrogens with zero attached hydrogens (tertiary/aromatic N) is 2. The SMILES string of the molecule is c1ccc(-c2cc(-c3ccccc3)cc(-c3cc(-c4cc5nc(-c6ccccc6)cc(-c6ccccc6)c5c5ccccc45)cc(-c4ccccc4)n3)c2)cc1. The Morgan fingerprint density at radius 3 is 1.18 bits per heavy atom. The fourth-order valence-corrected chi connectivity index (χ4v) is 7.90. The van der Waals surface area contributed by atoms with Gasteiger partial charge in [-0.15, -0.1) is 0 Å². The molecule has 2 heterocycles. The Kier molecular flexibility index (Phi) is 8.55. The second kappa shape index (κ2) is 14.4. The van der Waals surface area contributed by atoms with Crippen molar-refractivity contribution in [3.63, 3.8) is 0 Å². The van der Waals surface area contributed by atoms with Crippen molar-refractivity contribution in [3.8, 4) is 78.3 Å². The Labute approximate surface area is 327 Å². The molecule has 262 valence electrons. The monoisotopic (exact) mass is 712 g/mol. The molecule has 0 unspecified atom stereocenters. The van der Waals surface area contributed by atoms with Gasteiger partial charge in [-0.25, -0.2) is 9.97 Å². The zero-order chi connectivity index (χ0) is 37.3. The van der Waals surface area contributed by atoms with Crippen molar-refractivity contribution in [2.45, 2.75) is 0 Å². The molecule has 2 aromatic heterocycles. The topological polar surface area (TPSA) is 25.8 Å². The molecule has 0 atom stereocenters. The van der Waals surface area contributed by atoms with E-state index in [1.807, 2.05) is 0 Å². The highest BCUT2D eigenvalue weighted by molar-refractivity contribution is 6.18. The first kappa shape index (κ1) is 33.2. The maximum atomic E-state index is 5.40. The first-order valence-corrected chi connectivity index (χ1v) is 19.1. The van der Waals surface area contributed by atoms with Crippen LogP contribution in [0, 0.1) is 0 Å². The van der Waals surface area contributed by atoms with Crippen LogP contribution in [0.25, 0.3) is 100.0 Å². The highest BCUT2D eigenvalue weighted by atomic mass is 14.7. The molecular weight excluding hydrogens is 677 g/mol. The predicted molar refractivity (Wildman–Crippen MR) is 235 cm³/mol. The lowest BCUT2D eigenvalue weighted by Gasteiger charge is -2.17. The summed E-state index contributed by atoms with van der Waals surface area (Å²) in [5, 5.41) is 3.49. The molecule has 56 heavy (non-hydrogen) atoms. The van der Waals surface area contributed by atoms with E-state index in [1.54, 1.807) is 0 Å². The Morgan fingerprint density at radius 1 is 0.232 bits per heavy atom. The number of rotatable bonds is 7. The van der Waals surface area contributed by atoms with Crippen LogP contribution < -0.4 is 0 Å². The van der Waals surface area contributed by atoms with Gasteiger partial charge in [0.25, 0.3) is 0 Å². The fraction of sp³-hybridized carbons (Fsp3) is 0. The lowest BCUT2D eigenvalue weighted by molar-refractivity contribution is 1.32. The molecule has 0 aliphatic rings. The molecule has 0 saturated heterocycles. The molecule has 0 spiro atoms. The summed E-state index contributed by atoms with van der Waals surface area (Å²) in [6, 6.07) is 77.6. The van der Waals surface area contributed by atoms with Gasteiger partial charge in [-0.1, -0.05) is 176 Å². The van der Waals surface area contributed by atoms with E-state index in [0.29, 0.717) is 0 Å². The maximum absolute atomic E-state index is 5.40. The summed E-state index contributed by atoms with van der Waals surface area (Å²) < 4.78 is 0. The smallest absolute Gasteiger partial charge is 0.0728 e. The average Bonchev–Trinajstić information content (AvgIpc) is 3.29. The van der Waals surface area contributed by atoms with Gasteiger partial charge in [0.15, 0.2) is 0 Å². The molecule has 0 saturated carbocycles. The van der Waals surface area contributed by atoms with Gasteiger partial charge in [-0.3, -0.25) is 0 Å². The third kappa shape index (κ3) is 6.34. The Bertz CT molecular complexity index is 2920. The van der Waals surface area contributed by atoms with Crippen LogP contribution in [-0.2, 0) is 0 Å². The van der Waals surface area contributed by atoms with Gasteiger partial charge >= 0.3 is 0 Å². The van der Waals surface area contributed by atoms with E-state index >= 15 is 0 Å². The van der Waals surface area contributed by atoms with Crippen LogP contribution in [0.1, 0.15) is 0 Å². The van der Waals surface area contributed by atoms with Crippen molar-refractivity contribution in [1.82, 2.24) is 9.97 Å². The minimum Gasteiger partial charge on any atom is -0.248 e. The highest BCUT2D eigenvalue weighted by Gasteiger charge is 2.18. The van der Waals surface area contributed by atoms with Gasteiger partial charge in [0.2, 0.25) is 0 Å². The van der Waals surface area contributed by atoms with Crippen LogP contribution in [0.4, 0.5) is 0 Å². The molecule has 2 heteroatoms. The third-order valence-electron chi connectivity index (χ3n) is 10.6. The first-order valence-electron chi connectivity index (χ1n) is 19.1. The zero-order valence-electron chi connectivity index (χ0n) is 30.7. The molecule has 0 bridgehead atoms. The molecule has 0 N–H and O–H groups in total. The molecule has 0 radical (unpaired) electrons. The van der Waals surface area contributed by atoms with Crippen LogP contribution in [0.15, 0.2) is 218 Å². The zero-order valence-corrected chi connectivity index (χ0v) is 30.7. The lowest BCUT2D eigenvalue weighted by Crippen LogP contribution is -1.95. The Morgan fingerprint density at radius 2 is 0.643 bits per heavy atom. The number of aromatic nitrogens is 2. The quantitative estimate of drug-likeness (QED) is 0.154. The number of fused-ring (bicyclic) bond motifs is 3. The number of hydrogen-bond acceptors (Lipinski definition) is 2. The molecule has 2 nitrogen and oxygen atoms in total. The normalized spacial score (nSPS) is 11.2. The van der Waals surface area contributed by atoms with Gasteiger partial charge in [0.05, 0.1) is 22.6 Å². The summed E-state index contributed by atoms with van der Waals surface area (Å²) in [7, 11) is 0. The summed E-state index contributed by atoms with van der Waals surface area (Å²) in [4.78, 5) is 10.8. The molecule has 0 aliphatic heterocycles. The van der Waals surface area contributed by atoms with Crippen molar-refractivity contribution in [3.05, 3.63) is 218 Å². The fourth-order valence-electron chi connectivity index (χ4n) is 7.90. The van der Waals surface area contributed by atoms with E-state index in [4.69, 9.17) is 9.97 Å². The van der Waals surface area contributed by atoms with Gasteiger partial charge < -0.3 is 0 Å². The van der Waals surface area contributed by atoms with E-state index in [0.717, 1.165) is 66.9 Å². The van der Waals surface area contributed by atoms with Crippen LogP contribution in [0.5, 0.6) is 0 Å². The molecular formula is C54H36N2. The molecule has 0 amide bonds. The van der Waals surface area contributed by atoms with E-state index in [9.17, 15) is 0 Å². The third-order valence-corrected chi connectivity index (χ3v) is 10.6. The van der Waals surface area contributed by atoms with Gasteiger partial charge in [-0.05, 0) is 97.7 Å². The molecule has 10 rings (SSSR count). The summed E-state index contributed by atoms with van der Waals surface area (Å²) in [6.07, 6.45) is 0. The van der Waals surface area contributed by atoms with E-state index in [2.05, 4.69) is 218 Å². The number of benzene rings is 8. The summed E-state index contributed by atoms with van der Waals surface area (Å²) in [5.74, 6) is 0. The second-order valence-electron chi connectivity index (χ2n) is 14.2. The van der Waals surface area contributed by atoms with E-state index in [-0.39, 0.29) is 0 Å². The molecule has 10 aromatic rings. The van der Waals surface area contributed by atoms with Gasteiger partial charge in [-0.2, -0.15) is 0 Å². The lowest BCUT2D eigenvalue weighted by atomic mass is 9.89. The largest absolute Gasteiger partial charge is 0.248 e. The maximum Gasteiger partial charge on any atom is 0.0728 e. The predicted octanol–water partition coefficient (Wildman–Crippen LogP) is 14.5. The molecule has 8 aromatic carbocycles. The molecule has 0 aliphatic carbocycles. The van der Waals surface area contributed by atoms with E-state index < -0.39 is 0 Å². The van der Waals surface area contributed by atoms with Crippen molar-refractivity contribution >= 4 is 21.7 Å². The Hall–Kier alpha value is -7.42. The average molecular weight is 713 g/mol. The summed E-state index contributed by atoms with van der Waals surface area (Å²) >= 11 is 0. The minimum absolute atomic E-state index is 0.913. The molecule has 0 fully saturated rings. The standard InChI is InChI=1S/C54H36N2/c1-6-18-37(19-7-1)42-30-43(38-20-8-2-9-21-38)32-45(31-42)51-34-44(33-50(55-51)40-24-12-4-13-25-40)48-35-53-54(47-29-17-16-28-46(47)48)49(39-22-10-3-11-23-39)36-52(56-53)41-26-14-5-15-27-41/h1-36H. The summed E-state index contributed by atoms with van der Waals surface area (Å²) in [6.45, 7) is 0. The van der Waals surface area contributed by atoms with Crippen LogP contribution in [0.3, 0.4) is 0 Å². The minimum atomic E-state index is 0.913. The van der Waals surface area contributed by atoms with E-state index in [1.165, 1.54) is 33.0 Å². The number of hydrogen-bond donors (Lipinski definition) is 0.